The molecule has 12 heavy (non-hydrogen) atoms. The highest BCUT2D eigenvalue weighted by atomic mass is 16.3. The van der Waals surface area contributed by atoms with Crippen LogP contribution in [0.3, 0.4) is 0 Å². The molecule has 1 aliphatic carbocycles. The normalized spacial score (nSPS) is 44.0. The minimum atomic E-state index is 0.00894. The Morgan fingerprint density at radius 3 is 2.83 bits per heavy atom. The predicted octanol–water partition coefficient (Wildman–Crippen LogP) is 1.10. The smallest absolute Gasteiger partial charge is 0.0543 e. The Hall–Kier alpha value is -0.0800. The average Bonchev–Trinajstić information content (AvgIpc) is 2.05. The van der Waals surface area contributed by atoms with Gasteiger partial charge in [-0.15, -0.1) is 0 Å². The van der Waals surface area contributed by atoms with Crippen LogP contribution in [0.2, 0.25) is 0 Å². The number of fused-ring (bicyclic) bond motifs is 1. The quantitative estimate of drug-likeness (QED) is 0.587. The van der Waals surface area contributed by atoms with Crippen molar-refractivity contribution in [1.82, 2.24) is 4.90 Å². The monoisotopic (exact) mass is 169 g/mol. The minimum Gasteiger partial charge on any atom is -0.393 e. The fourth-order valence-corrected chi connectivity index (χ4v) is 2.77. The highest BCUT2D eigenvalue weighted by Crippen LogP contribution is 2.35. The molecule has 3 atom stereocenters. The maximum atomic E-state index is 9.50. The van der Waals surface area contributed by atoms with Gasteiger partial charge in [0.2, 0.25) is 0 Å². The first-order valence-corrected chi connectivity index (χ1v) is 5.12. The Kier molecular flexibility index (Phi) is 2.37. The maximum absolute atomic E-state index is 9.50. The molecule has 1 aliphatic heterocycles. The van der Waals surface area contributed by atoms with Crippen LogP contribution in [-0.4, -0.2) is 36.2 Å². The van der Waals surface area contributed by atoms with E-state index < -0.39 is 0 Å². The van der Waals surface area contributed by atoms with Gasteiger partial charge in [0.25, 0.3) is 0 Å². The van der Waals surface area contributed by atoms with Gasteiger partial charge in [-0.3, -0.25) is 0 Å². The van der Waals surface area contributed by atoms with Gasteiger partial charge < -0.3 is 10.0 Å². The van der Waals surface area contributed by atoms with E-state index in [0.717, 1.165) is 24.7 Å². The van der Waals surface area contributed by atoms with Crippen molar-refractivity contribution in [2.24, 2.45) is 11.8 Å². The van der Waals surface area contributed by atoms with Gasteiger partial charge in [0.1, 0.15) is 0 Å². The van der Waals surface area contributed by atoms with Crippen LogP contribution in [0.5, 0.6) is 0 Å². The van der Waals surface area contributed by atoms with Crippen LogP contribution in [0.4, 0.5) is 0 Å². The SMILES string of the molecule is CN1CC[C@@H]2CC(O)CC[C@H]2C1. The number of aliphatic hydroxyl groups is 1. The van der Waals surface area contributed by atoms with Crippen molar-refractivity contribution in [2.45, 2.75) is 31.8 Å². The predicted molar refractivity (Wildman–Crippen MR) is 49.0 cm³/mol. The maximum Gasteiger partial charge on any atom is 0.0543 e. The van der Waals surface area contributed by atoms with E-state index in [9.17, 15) is 5.11 Å². The summed E-state index contributed by atoms with van der Waals surface area (Å²) in [7, 11) is 2.21. The van der Waals surface area contributed by atoms with Crippen molar-refractivity contribution in [2.75, 3.05) is 20.1 Å². The van der Waals surface area contributed by atoms with Gasteiger partial charge in [-0.2, -0.15) is 0 Å². The second-order valence-corrected chi connectivity index (χ2v) is 4.54. The zero-order valence-corrected chi connectivity index (χ0v) is 7.87. The van der Waals surface area contributed by atoms with Gasteiger partial charge >= 0.3 is 0 Å². The van der Waals surface area contributed by atoms with E-state index in [2.05, 4.69) is 11.9 Å². The topological polar surface area (TPSA) is 23.5 Å². The molecule has 2 rings (SSSR count). The summed E-state index contributed by atoms with van der Waals surface area (Å²) in [5.74, 6) is 1.71. The van der Waals surface area contributed by atoms with E-state index >= 15 is 0 Å². The highest BCUT2D eigenvalue weighted by molar-refractivity contribution is 4.85. The molecule has 0 radical (unpaired) electrons. The third-order valence-corrected chi connectivity index (χ3v) is 3.54. The largest absolute Gasteiger partial charge is 0.393 e. The zero-order chi connectivity index (χ0) is 8.55. The van der Waals surface area contributed by atoms with Gasteiger partial charge in [0.05, 0.1) is 6.10 Å². The van der Waals surface area contributed by atoms with E-state index in [1.165, 1.54) is 25.9 Å². The van der Waals surface area contributed by atoms with Crippen molar-refractivity contribution in [3.63, 3.8) is 0 Å². The minimum absolute atomic E-state index is 0.00894. The third kappa shape index (κ3) is 1.64. The summed E-state index contributed by atoms with van der Waals surface area (Å²) in [4.78, 5) is 2.43. The molecule has 2 aliphatic rings. The molecular formula is C10H19NO. The number of nitrogens with zero attached hydrogens (tertiary/aromatic N) is 1. The summed E-state index contributed by atoms with van der Waals surface area (Å²) >= 11 is 0. The lowest BCUT2D eigenvalue weighted by atomic mass is 9.74. The number of likely N-dealkylation sites (tertiary alicyclic amines) is 1. The number of piperidine rings is 1. The molecule has 2 heteroatoms. The lowest BCUT2D eigenvalue weighted by Crippen LogP contribution is -2.42. The first-order valence-electron chi connectivity index (χ1n) is 5.12. The van der Waals surface area contributed by atoms with E-state index in [0.29, 0.717) is 0 Å². The number of hydrogen-bond donors (Lipinski definition) is 1. The molecule has 1 saturated carbocycles. The molecule has 1 heterocycles. The molecule has 0 bridgehead atoms. The van der Waals surface area contributed by atoms with E-state index in [1.807, 2.05) is 0 Å². The van der Waals surface area contributed by atoms with E-state index in [-0.39, 0.29) is 6.10 Å². The molecular weight excluding hydrogens is 150 g/mol. The molecule has 2 fully saturated rings. The van der Waals surface area contributed by atoms with Crippen LogP contribution in [0, 0.1) is 11.8 Å². The summed E-state index contributed by atoms with van der Waals surface area (Å²) in [5, 5.41) is 9.50. The Morgan fingerprint density at radius 1 is 1.17 bits per heavy atom. The first-order chi connectivity index (χ1) is 5.75. The number of aliphatic hydroxyl groups excluding tert-OH is 1. The molecule has 70 valence electrons. The first kappa shape index (κ1) is 8.52. The number of rotatable bonds is 0. The summed E-state index contributed by atoms with van der Waals surface area (Å²) in [5.41, 5.74) is 0. The number of hydrogen-bond acceptors (Lipinski definition) is 2. The van der Waals surface area contributed by atoms with Gasteiger partial charge in [-0.05, 0) is 51.1 Å². The van der Waals surface area contributed by atoms with Crippen molar-refractivity contribution in [3.05, 3.63) is 0 Å². The molecule has 0 aromatic heterocycles. The van der Waals surface area contributed by atoms with Crippen LogP contribution in [0.1, 0.15) is 25.7 Å². The van der Waals surface area contributed by atoms with Crippen LogP contribution in [-0.2, 0) is 0 Å². The summed E-state index contributed by atoms with van der Waals surface area (Å²) < 4.78 is 0. The zero-order valence-electron chi connectivity index (χ0n) is 7.87. The second-order valence-electron chi connectivity index (χ2n) is 4.54. The molecule has 0 aromatic carbocycles. The summed E-state index contributed by atoms with van der Waals surface area (Å²) in [6.45, 7) is 2.49. The molecule has 1 unspecified atom stereocenters. The van der Waals surface area contributed by atoms with Gasteiger partial charge in [0, 0.05) is 6.54 Å². The van der Waals surface area contributed by atoms with Crippen molar-refractivity contribution < 1.29 is 5.11 Å². The Morgan fingerprint density at radius 2 is 2.00 bits per heavy atom. The van der Waals surface area contributed by atoms with Gasteiger partial charge in [-0.25, -0.2) is 0 Å². The Bertz CT molecular complexity index is 142. The van der Waals surface area contributed by atoms with Crippen molar-refractivity contribution in [1.29, 1.82) is 0 Å². The average molecular weight is 169 g/mol. The lowest BCUT2D eigenvalue weighted by molar-refractivity contribution is 0.0275. The molecule has 0 aromatic rings. The molecule has 0 amide bonds. The van der Waals surface area contributed by atoms with Gasteiger partial charge in [-0.1, -0.05) is 0 Å². The van der Waals surface area contributed by atoms with Crippen molar-refractivity contribution >= 4 is 0 Å². The molecule has 2 nitrogen and oxygen atoms in total. The fourth-order valence-electron chi connectivity index (χ4n) is 2.77. The molecule has 1 saturated heterocycles. The van der Waals surface area contributed by atoms with Crippen LogP contribution in [0.25, 0.3) is 0 Å². The Labute approximate surface area is 74.6 Å². The van der Waals surface area contributed by atoms with Crippen LogP contribution in [0.15, 0.2) is 0 Å². The fraction of sp³-hybridized carbons (Fsp3) is 1.00. The van der Waals surface area contributed by atoms with E-state index in [1.54, 1.807) is 0 Å². The highest BCUT2D eigenvalue weighted by Gasteiger charge is 2.32. The van der Waals surface area contributed by atoms with Crippen molar-refractivity contribution in [3.8, 4) is 0 Å². The lowest BCUT2D eigenvalue weighted by Gasteiger charge is -2.41. The summed E-state index contributed by atoms with van der Waals surface area (Å²) in [6, 6.07) is 0. The van der Waals surface area contributed by atoms with E-state index in [4.69, 9.17) is 0 Å². The van der Waals surface area contributed by atoms with Gasteiger partial charge in [0.15, 0.2) is 0 Å². The molecule has 1 N–H and O–H groups in total. The Balaban J connectivity index is 1.94. The summed E-state index contributed by atoms with van der Waals surface area (Å²) in [6.07, 6.45) is 4.66. The second kappa shape index (κ2) is 3.35. The van der Waals surface area contributed by atoms with Crippen LogP contribution < -0.4 is 0 Å². The molecule has 0 spiro atoms. The van der Waals surface area contributed by atoms with Crippen LogP contribution >= 0.6 is 0 Å². The third-order valence-electron chi connectivity index (χ3n) is 3.54. The standard InChI is InChI=1S/C10H19NO/c1-11-5-4-8-6-10(12)3-2-9(8)7-11/h8-10,12H,2-7H2,1H3/t8-,9+,10?/m1/s1.